The fourth-order valence-electron chi connectivity index (χ4n) is 3.08. The summed E-state index contributed by atoms with van der Waals surface area (Å²) in [6.07, 6.45) is 0.734. The molecule has 0 saturated carbocycles. The summed E-state index contributed by atoms with van der Waals surface area (Å²) in [7, 11) is 0. The minimum Gasteiger partial charge on any atom is -0.375 e. The summed E-state index contributed by atoms with van der Waals surface area (Å²) in [5.74, 6) is -0.00354. The van der Waals surface area contributed by atoms with Crippen molar-refractivity contribution in [3.05, 3.63) is 83.9 Å². The molecule has 26 heavy (non-hydrogen) atoms. The van der Waals surface area contributed by atoms with Crippen LogP contribution in [0, 0.1) is 5.92 Å². The number of rotatable bonds is 8. The van der Waals surface area contributed by atoms with Crippen LogP contribution in [-0.2, 0) is 22.6 Å². The molecule has 0 aliphatic heterocycles. The highest BCUT2D eigenvalue weighted by molar-refractivity contribution is 5.86. The van der Waals surface area contributed by atoms with E-state index in [-0.39, 0.29) is 11.8 Å². The van der Waals surface area contributed by atoms with Gasteiger partial charge in [-0.3, -0.25) is 4.79 Å². The third-order valence-corrected chi connectivity index (χ3v) is 4.51. The molecule has 0 bridgehead atoms. The minimum absolute atomic E-state index is 0.0706. The lowest BCUT2D eigenvalue weighted by Gasteiger charge is -2.14. The van der Waals surface area contributed by atoms with Gasteiger partial charge in [0.1, 0.15) is 0 Å². The summed E-state index contributed by atoms with van der Waals surface area (Å²) in [5, 5.41) is 5.41. The predicted octanol–water partition coefficient (Wildman–Crippen LogP) is 4.35. The average Bonchev–Trinajstić information content (AvgIpc) is 2.68. The van der Waals surface area contributed by atoms with Crippen LogP contribution < -0.4 is 5.32 Å². The first-order chi connectivity index (χ1) is 12.7. The van der Waals surface area contributed by atoms with Crippen molar-refractivity contribution in [3.63, 3.8) is 0 Å². The smallest absolute Gasteiger partial charge is 0.223 e. The van der Waals surface area contributed by atoms with Gasteiger partial charge in [0.05, 0.1) is 13.2 Å². The van der Waals surface area contributed by atoms with E-state index in [0.717, 1.165) is 12.0 Å². The van der Waals surface area contributed by atoms with Gasteiger partial charge in [-0.1, -0.05) is 79.7 Å². The predicted molar refractivity (Wildman–Crippen MR) is 106 cm³/mol. The Morgan fingerprint density at radius 1 is 0.962 bits per heavy atom. The normalized spacial score (nSPS) is 12.0. The van der Waals surface area contributed by atoms with Crippen molar-refractivity contribution in [3.8, 4) is 0 Å². The highest BCUT2D eigenvalue weighted by Crippen LogP contribution is 2.21. The van der Waals surface area contributed by atoms with Crippen LogP contribution in [0.15, 0.2) is 72.8 Å². The average molecular weight is 347 g/mol. The molecule has 0 aliphatic carbocycles. The van der Waals surface area contributed by atoms with Crippen molar-refractivity contribution in [1.29, 1.82) is 0 Å². The molecule has 1 amide bonds. The standard InChI is InChI=1S/C23H25NO2/c1-18(16-21-12-7-11-20-10-5-6-13-22(20)21)23(25)24-14-15-26-17-19-8-3-2-4-9-19/h2-13,18H,14-17H2,1H3,(H,24,25)/t18-/m1/s1. The monoisotopic (exact) mass is 347 g/mol. The van der Waals surface area contributed by atoms with Crippen LogP contribution in [0.1, 0.15) is 18.1 Å². The van der Waals surface area contributed by atoms with Crippen LogP contribution in [0.3, 0.4) is 0 Å². The zero-order chi connectivity index (χ0) is 18.2. The van der Waals surface area contributed by atoms with E-state index in [4.69, 9.17) is 4.74 Å². The van der Waals surface area contributed by atoms with Crippen molar-refractivity contribution < 1.29 is 9.53 Å². The van der Waals surface area contributed by atoms with Crippen molar-refractivity contribution in [1.82, 2.24) is 5.32 Å². The van der Waals surface area contributed by atoms with Crippen molar-refractivity contribution in [2.24, 2.45) is 5.92 Å². The first-order valence-corrected chi connectivity index (χ1v) is 9.10. The number of hydrogen-bond donors (Lipinski definition) is 1. The van der Waals surface area contributed by atoms with E-state index >= 15 is 0 Å². The van der Waals surface area contributed by atoms with Crippen molar-refractivity contribution in [2.45, 2.75) is 20.0 Å². The first kappa shape index (κ1) is 18.2. The summed E-state index contributed by atoms with van der Waals surface area (Å²) in [6.45, 7) is 3.59. The van der Waals surface area contributed by atoms with E-state index in [2.05, 4.69) is 35.6 Å². The van der Waals surface area contributed by atoms with E-state index in [1.54, 1.807) is 0 Å². The third kappa shape index (κ3) is 4.93. The summed E-state index contributed by atoms with van der Waals surface area (Å²) >= 11 is 0. The Labute approximate surface area is 155 Å². The Bertz CT molecular complexity index is 840. The fraction of sp³-hybridized carbons (Fsp3) is 0.261. The van der Waals surface area contributed by atoms with Crippen molar-refractivity contribution >= 4 is 16.7 Å². The highest BCUT2D eigenvalue weighted by Gasteiger charge is 2.14. The van der Waals surface area contributed by atoms with E-state index in [1.807, 2.05) is 49.4 Å². The van der Waals surface area contributed by atoms with Crippen molar-refractivity contribution in [2.75, 3.05) is 13.2 Å². The van der Waals surface area contributed by atoms with Gasteiger partial charge in [-0.15, -0.1) is 0 Å². The number of ether oxygens (including phenoxy) is 1. The molecular formula is C23H25NO2. The van der Waals surface area contributed by atoms with Crippen LogP contribution in [-0.4, -0.2) is 19.1 Å². The van der Waals surface area contributed by atoms with Crippen LogP contribution in [0.2, 0.25) is 0 Å². The number of hydrogen-bond acceptors (Lipinski definition) is 2. The van der Waals surface area contributed by atoms with Gasteiger partial charge >= 0.3 is 0 Å². The van der Waals surface area contributed by atoms with Gasteiger partial charge < -0.3 is 10.1 Å². The zero-order valence-electron chi connectivity index (χ0n) is 15.2. The Hall–Kier alpha value is -2.65. The lowest BCUT2D eigenvalue weighted by atomic mass is 9.95. The second-order valence-electron chi connectivity index (χ2n) is 6.57. The molecule has 0 fully saturated rings. The van der Waals surface area contributed by atoms with Gasteiger partial charge in [0, 0.05) is 12.5 Å². The molecule has 3 heteroatoms. The molecule has 0 aromatic heterocycles. The number of carbonyl (C=O) groups is 1. The SMILES string of the molecule is C[C@H](Cc1cccc2ccccc12)C(=O)NCCOCc1ccccc1. The van der Waals surface area contributed by atoms with Gasteiger partial charge in [0.25, 0.3) is 0 Å². The van der Waals surface area contributed by atoms with Gasteiger partial charge in [-0.2, -0.15) is 0 Å². The number of amides is 1. The summed E-state index contributed by atoms with van der Waals surface area (Å²) in [4.78, 5) is 12.3. The molecule has 1 N–H and O–H groups in total. The molecule has 0 saturated heterocycles. The molecular weight excluding hydrogens is 322 g/mol. The van der Waals surface area contributed by atoms with Gasteiger partial charge in [0.15, 0.2) is 0 Å². The highest BCUT2D eigenvalue weighted by atomic mass is 16.5. The zero-order valence-corrected chi connectivity index (χ0v) is 15.2. The molecule has 134 valence electrons. The Morgan fingerprint density at radius 3 is 2.54 bits per heavy atom. The first-order valence-electron chi connectivity index (χ1n) is 9.10. The molecule has 3 nitrogen and oxygen atoms in total. The molecule has 0 spiro atoms. The topological polar surface area (TPSA) is 38.3 Å². The van der Waals surface area contributed by atoms with E-state index in [0.29, 0.717) is 19.8 Å². The summed E-state index contributed by atoms with van der Waals surface area (Å²) in [5.41, 5.74) is 2.36. The Balaban J connectivity index is 1.44. The van der Waals surface area contributed by atoms with Crippen LogP contribution in [0.4, 0.5) is 0 Å². The number of carbonyl (C=O) groups excluding carboxylic acids is 1. The van der Waals surface area contributed by atoms with Crippen LogP contribution in [0.25, 0.3) is 10.8 Å². The lowest BCUT2D eigenvalue weighted by Crippen LogP contribution is -2.32. The fourth-order valence-corrected chi connectivity index (χ4v) is 3.08. The molecule has 3 aromatic carbocycles. The maximum absolute atomic E-state index is 12.3. The molecule has 1 atom stereocenters. The molecule has 3 aromatic rings. The Kier molecular flexibility index (Phi) is 6.39. The van der Waals surface area contributed by atoms with E-state index in [1.165, 1.54) is 16.3 Å². The van der Waals surface area contributed by atoms with E-state index < -0.39 is 0 Å². The maximum atomic E-state index is 12.3. The summed E-state index contributed by atoms with van der Waals surface area (Å²) in [6, 6.07) is 24.6. The summed E-state index contributed by atoms with van der Waals surface area (Å²) < 4.78 is 5.61. The van der Waals surface area contributed by atoms with Gasteiger partial charge in [-0.05, 0) is 28.3 Å². The molecule has 0 unspecified atom stereocenters. The van der Waals surface area contributed by atoms with Crippen LogP contribution >= 0.6 is 0 Å². The largest absolute Gasteiger partial charge is 0.375 e. The number of benzene rings is 3. The molecule has 0 aliphatic rings. The van der Waals surface area contributed by atoms with Crippen LogP contribution in [0.5, 0.6) is 0 Å². The van der Waals surface area contributed by atoms with E-state index in [9.17, 15) is 4.79 Å². The second-order valence-corrected chi connectivity index (χ2v) is 6.57. The minimum atomic E-state index is -0.0741. The maximum Gasteiger partial charge on any atom is 0.223 e. The number of fused-ring (bicyclic) bond motifs is 1. The second kappa shape index (κ2) is 9.16. The lowest BCUT2D eigenvalue weighted by molar-refractivity contribution is -0.124. The Morgan fingerprint density at radius 2 is 1.69 bits per heavy atom. The molecule has 0 heterocycles. The van der Waals surface area contributed by atoms with Gasteiger partial charge in [-0.25, -0.2) is 0 Å². The quantitative estimate of drug-likeness (QED) is 0.615. The molecule has 0 radical (unpaired) electrons. The van der Waals surface area contributed by atoms with Gasteiger partial charge in [0.2, 0.25) is 5.91 Å². The molecule has 3 rings (SSSR count). The third-order valence-electron chi connectivity index (χ3n) is 4.51. The number of nitrogens with one attached hydrogen (secondary N) is 1.